The zero-order valence-corrected chi connectivity index (χ0v) is 11.3. The Morgan fingerprint density at radius 3 is 2.74 bits per heavy atom. The average Bonchev–Trinajstić information content (AvgIpc) is 2.88. The van der Waals surface area contributed by atoms with Crippen molar-refractivity contribution in [2.24, 2.45) is 11.1 Å². The highest BCUT2D eigenvalue weighted by Gasteiger charge is 2.40. The van der Waals surface area contributed by atoms with Gasteiger partial charge in [0.1, 0.15) is 5.82 Å². The zero-order valence-electron chi connectivity index (χ0n) is 11.3. The van der Waals surface area contributed by atoms with Crippen molar-refractivity contribution in [1.82, 2.24) is 5.32 Å². The van der Waals surface area contributed by atoms with Crippen molar-refractivity contribution in [2.75, 3.05) is 6.54 Å². The Balaban J connectivity index is 2.06. The second-order valence-electron chi connectivity index (χ2n) is 5.44. The molecule has 1 aromatic carbocycles. The van der Waals surface area contributed by atoms with E-state index in [1.807, 2.05) is 13.0 Å². The van der Waals surface area contributed by atoms with Gasteiger partial charge in [0.25, 0.3) is 0 Å². The summed E-state index contributed by atoms with van der Waals surface area (Å²) in [7, 11) is 0. The third kappa shape index (κ3) is 2.95. The van der Waals surface area contributed by atoms with E-state index in [1.165, 1.54) is 12.1 Å². The van der Waals surface area contributed by atoms with Crippen LogP contribution >= 0.6 is 0 Å². The van der Waals surface area contributed by atoms with Gasteiger partial charge >= 0.3 is 0 Å². The molecule has 1 aromatic rings. The molecule has 0 aliphatic heterocycles. The molecule has 3 nitrogen and oxygen atoms in total. The Morgan fingerprint density at radius 2 is 2.16 bits per heavy atom. The third-order valence-electron chi connectivity index (χ3n) is 4.13. The zero-order chi connectivity index (χ0) is 13.9. The molecule has 0 spiro atoms. The minimum absolute atomic E-state index is 0.00395. The van der Waals surface area contributed by atoms with Gasteiger partial charge in [-0.2, -0.15) is 0 Å². The topological polar surface area (TPSA) is 55.1 Å². The number of hydrogen-bond acceptors (Lipinski definition) is 2. The molecule has 4 heteroatoms. The molecular formula is C15H21FN2O. The van der Waals surface area contributed by atoms with E-state index in [9.17, 15) is 9.18 Å². The smallest absolute Gasteiger partial charge is 0.227 e. The van der Waals surface area contributed by atoms with Crippen LogP contribution in [0.25, 0.3) is 0 Å². The van der Waals surface area contributed by atoms with Crippen LogP contribution in [0.5, 0.6) is 0 Å². The molecular weight excluding hydrogens is 243 g/mol. The van der Waals surface area contributed by atoms with E-state index in [4.69, 9.17) is 5.73 Å². The SMILES string of the molecule is C[C@H](NC(=O)C1(CN)CCCC1)c1cccc(F)c1. The molecule has 1 amide bonds. The van der Waals surface area contributed by atoms with Gasteiger partial charge in [0.05, 0.1) is 11.5 Å². The number of amides is 1. The molecule has 0 saturated heterocycles. The van der Waals surface area contributed by atoms with Gasteiger partial charge in [0, 0.05) is 6.54 Å². The summed E-state index contributed by atoms with van der Waals surface area (Å²) in [6.45, 7) is 2.25. The molecule has 2 rings (SSSR count). The van der Waals surface area contributed by atoms with Crippen LogP contribution in [0.1, 0.15) is 44.2 Å². The maximum atomic E-state index is 13.2. The van der Waals surface area contributed by atoms with Gasteiger partial charge in [-0.15, -0.1) is 0 Å². The summed E-state index contributed by atoms with van der Waals surface area (Å²) in [6.07, 6.45) is 3.81. The first kappa shape index (κ1) is 14.0. The van der Waals surface area contributed by atoms with Crippen LogP contribution in [-0.4, -0.2) is 12.5 Å². The predicted molar refractivity (Wildman–Crippen MR) is 72.9 cm³/mol. The minimum Gasteiger partial charge on any atom is -0.349 e. The third-order valence-corrected chi connectivity index (χ3v) is 4.13. The lowest BCUT2D eigenvalue weighted by molar-refractivity contribution is -0.131. The first-order chi connectivity index (χ1) is 9.07. The summed E-state index contributed by atoms with van der Waals surface area (Å²) in [4.78, 5) is 12.4. The number of nitrogens with two attached hydrogens (primary N) is 1. The van der Waals surface area contributed by atoms with Gasteiger partial charge in [-0.25, -0.2) is 4.39 Å². The number of rotatable bonds is 4. The first-order valence-electron chi connectivity index (χ1n) is 6.84. The predicted octanol–water partition coefficient (Wildman–Crippen LogP) is 2.52. The standard InChI is InChI=1S/C15H21FN2O/c1-11(12-5-4-6-13(16)9-12)18-14(19)15(10-17)7-2-3-8-15/h4-6,9,11H,2-3,7-8,10,17H2,1H3,(H,18,19)/t11-/m0/s1. The number of halogens is 1. The Labute approximate surface area is 113 Å². The summed E-state index contributed by atoms with van der Waals surface area (Å²) in [5.41, 5.74) is 6.15. The minimum atomic E-state index is -0.415. The van der Waals surface area contributed by atoms with Crippen molar-refractivity contribution in [2.45, 2.75) is 38.6 Å². The Hall–Kier alpha value is -1.42. The maximum Gasteiger partial charge on any atom is 0.227 e. The number of carbonyl (C=O) groups excluding carboxylic acids is 1. The van der Waals surface area contributed by atoms with Crippen molar-refractivity contribution in [1.29, 1.82) is 0 Å². The highest BCUT2D eigenvalue weighted by molar-refractivity contribution is 5.83. The monoisotopic (exact) mass is 264 g/mol. The summed E-state index contributed by atoms with van der Waals surface area (Å²) in [5, 5.41) is 2.97. The van der Waals surface area contributed by atoms with Crippen LogP contribution in [0.15, 0.2) is 24.3 Å². The lowest BCUT2D eigenvalue weighted by Crippen LogP contribution is -2.44. The molecule has 19 heavy (non-hydrogen) atoms. The molecule has 104 valence electrons. The summed E-state index contributed by atoms with van der Waals surface area (Å²) in [5.74, 6) is -0.280. The molecule has 0 bridgehead atoms. The number of hydrogen-bond donors (Lipinski definition) is 2. The lowest BCUT2D eigenvalue weighted by atomic mass is 9.85. The van der Waals surface area contributed by atoms with Gasteiger partial charge in [-0.3, -0.25) is 4.79 Å². The number of benzene rings is 1. The molecule has 0 heterocycles. The molecule has 1 saturated carbocycles. The van der Waals surface area contributed by atoms with E-state index < -0.39 is 5.41 Å². The van der Waals surface area contributed by atoms with E-state index in [1.54, 1.807) is 6.07 Å². The molecule has 3 N–H and O–H groups in total. The Morgan fingerprint density at radius 1 is 1.47 bits per heavy atom. The molecule has 0 unspecified atom stereocenters. The van der Waals surface area contributed by atoms with E-state index in [0.717, 1.165) is 31.2 Å². The van der Waals surface area contributed by atoms with Crippen molar-refractivity contribution >= 4 is 5.91 Å². The van der Waals surface area contributed by atoms with Crippen LogP contribution in [0.4, 0.5) is 4.39 Å². The summed E-state index contributed by atoms with van der Waals surface area (Å²) < 4.78 is 13.2. The van der Waals surface area contributed by atoms with Crippen LogP contribution in [0, 0.1) is 11.2 Å². The van der Waals surface area contributed by atoms with E-state index in [-0.39, 0.29) is 17.8 Å². The molecule has 1 atom stereocenters. The maximum absolute atomic E-state index is 13.2. The van der Waals surface area contributed by atoms with Gasteiger partial charge in [0.15, 0.2) is 0 Å². The van der Waals surface area contributed by atoms with Gasteiger partial charge in [0.2, 0.25) is 5.91 Å². The molecule has 0 aromatic heterocycles. The van der Waals surface area contributed by atoms with Crippen LogP contribution in [-0.2, 0) is 4.79 Å². The highest BCUT2D eigenvalue weighted by atomic mass is 19.1. The molecule has 1 fully saturated rings. The number of nitrogens with one attached hydrogen (secondary N) is 1. The fourth-order valence-corrected chi connectivity index (χ4v) is 2.78. The van der Waals surface area contributed by atoms with E-state index in [0.29, 0.717) is 6.54 Å². The normalized spacial score (nSPS) is 19.1. The summed E-state index contributed by atoms with van der Waals surface area (Å²) in [6, 6.07) is 6.12. The average molecular weight is 264 g/mol. The second kappa shape index (κ2) is 5.70. The van der Waals surface area contributed by atoms with E-state index >= 15 is 0 Å². The van der Waals surface area contributed by atoms with Crippen molar-refractivity contribution in [3.05, 3.63) is 35.6 Å². The van der Waals surface area contributed by atoms with Crippen LogP contribution < -0.4 is 11.1 Å². The Bertz CT molecular complexity index is 455. The van der Waals surface area contributed by atoms with Gasteiger partial charge in [-0.05, 0) is 37.5 Å². The summed E-state index contributed by atoms with van der Waals surface area (Å²) >= 11 is 0. The lowest BCUT2D eigenvalue weighted by Gasteiger charge is -2.28. The van der Waals surface area contributed by atoms with Gasteiger partial charge < -0.3 is 11.1 Å². The Kier molecular flexibility index (Phi) is 4.20. The van der Waals surface area contributed by atoms with E-state index in [2.05, 4.69) is 5.32 Å². The quantitative estimate of drug-likeness (QED) is 0.878. The van der Waals surface area contributed by atoms with Crippen molar-refractivity contribution in [3.63, 3.8) is 0 Å². The van der Waals surface area contributed by atoms with Gasteiger partial charge in [-0.1, -0.05) is 25.0 Å². The largest absolute Gasteiger partial charge is 0.349 e. The second-order valence-corrected chi connectivity index (χ2v) is 5.44. The number of carbonyl (C=O) groups is 1. The first-order valence-corrected chi connectivity index (χ1v) is 6.84. The van der Waals surface area contributed by atoms with Crippen molar-refractivity contribution in [3.8, 4) is 0 Å². The molecule has 0 radical (unpaired) electrons. The van der Waals surface area contributed by atoms with Crippen LogP contribution in [0.3, 0.4) is 0 Å². The fourth-order valence-electron chi connectivity index (χ4n) is 2.78. The van der Waals surface area contributed by atoms with Crippen molar-refractivity contribution < 1.29 is 9.18 Å². The highest BCUT2D eigenvalue weighted by Crippen LogP contribution is 2.37. The molecule has 1 aliphatic carbocycles. The van der Waals surface area contributed by atoms with Crippen LogP contribution in [0.2, 0.25) is 0 Å². The fraction of sp³-hybridized carbons (Fsp3) is 0.533. The molecule has 1 aliphatic rings.